The summed E-state index contributed by atoms with van der Waals surface area (Å²) in [4.78, 5) is 40.0. The molecule has 1 aromatic carbocycles. The maximum Gasteiger partial charge on any atom is 0.274 e. The Kier molecular flexibility index (Phi) is 5.70. The summed E-state index contributed by atoms with van der Waals surface area (Å²) in [5.41, 5.74) is -2.22. The quantitative estimate of drug-likeness (QED) is 0.751. The number of benzene rings is 1. The Balaban J connectivity index is 1.67. The highest BCUT2D eigenvalue weighted by Crippen LogP contribution is 2.34. The van der Waals surface area contributed by atoms with Crippen LogP contribution >= 0.6 is 0 Å². The minimum atomic E-state index is -1.18. The van der Waals surface area contributed by atoms with E-state index >= 15 is 0 Å². The van der Waals surface area contributed by atoms with Gasteiger partial charge in [0.2, 0.25) is 5.43 Å². The van der Waals surface area contributed by atoms with Crippen LogP contribution < -0.4 is 10.7 Å². The van der Waals surface area contributed by atoms with Crippen LogP contribution in [0.2, 0.25) is 0 Å². The van der Waals surface area contributed by atoms with Gasteiger partial charge in [-0.05, 0) is 25.7 Å². The normalized spacial score (nSPS) is 20.0. The van der Waals surface area contributed by atoms with Gasteiger partial charge in [-0.2, -0.15) is 0 Å². The van der Waals surface area contributed by atoms with E-state index in [4.69, 9.17) is 0 Å². The van der Waals surface area contributed by atoms with Gasteiger partial charge in [0.05, 0.1) is 6.04 Å². The molecular weight excluding hydrogens is 427 g/mol. The van der Waals surface area contributed by atoms with Crippen LogP contribution in [0.5, 0.6) is 5.75 Å². The lowest BCUT2D eigenvalue weighted by atomic mass is 10.1. The third-order valence-corrected chi connectivity index (χ3v) is 6.24. The van der Waals surface area contributed by atoms with Gasteiger partial charge >= 0.3 is 0 Å². The van der Waals surface area contributed by atoms with Crippen LogP contribution in [0.4, 0.5) is 13.2 Å². The van der Waals surface area contributed by atoms with E-state index in [1.807, 2.05) is 6.92 Å². The molecule has 1 saturated heterocycles. The second kappa shape index (κ2) is 8.33. The second-order valence-electron chi connectivity index (χ2n) is 8.11. The van der Waals surface area contributed by atoms with Gasteiger partial charge < -0.3 is 19.9 Å². The summed E-state index contributed by atoms with van der Waals surface area (Å²) in [6.45, 7) is 1.74. The number of rotatable bonds is 4. The number of carbonyl (C=O) groups excluding carboxylic acids is 2. The smallest absolute Gasteiger partial charge is 0.274 e. The monoisotopic (exact) mass is 449 g/mol. The molecule has 32 heavy (non-hydrogen) atoms. The average Bonchev–Trinajstić information content (AvgIpc) is 2.93. The molecule has 3 heterocycles. The highest BCUT2D eigenvalue weighted by molar-refractivity contribution is 5.99. The van der Waals surface area contributed by atoms with E-state index in [-0.39, 0.29) is 17.8 Å². The molecule has 0 unspecified atom stereocenters. The van der Waals surface area contributed by atoms with Gasteiger partial charge in [0.1, 0.15) is 23.0 Å². The summed E-state index contributed by atoms with van der Waals surface area (Å²) in [6.07, 6.45) is 4.31. The lowest BCUT2D eigenvalue weighted by molar-refractivity contribution is 0.0583. The first-order valence-electron chi connectivity index (χ1n) is 10.4. The molecule has 2 N–H and O–H groups in total. The van der Waals surface area contributed by atoms with Gasteiger partial charge in [-0.25, -0.2) is 13.2 Å². The molecule has 2 aliphatic rings. The summed E-state index contributed by atoms with van der Waals surface area (Å²) < 4.78 is 42.2. The molecule has 0 saturated carbocycles. The van der Waals surface area contributed by atoms with Crippen molar-refractivity contribution < 1.29 is 27.9 Å². The van der Waals surface area contributed by atoms with Crippen LogP contribution in [-0.4, -0.2) is 39.0 Å². The predicted molar refractivity (Wildman–Crippen MR) is 108 cm³/mol. The number of hydrogen-bond acceptors (Lipinski definition) is 4. The van der Waals surface area contributed by atoms with Crippen LogP contribution in [0.3, 0.4) is 0 Å². The van der Waals surface area contributed by atoms with E-state index in [0.717, 1.165) is 19.3 Å². The number of pyridine rings is 1. The van der Waals surface area contributed by atoms with Gasteiger partial charge in [-0.3, -0.25) is 14.4 Å². The fraction of sp³-hybridized carbons (Fsp3) is 0.409. The Hall–Kier alpha value is -3.30. The van der Waals surface area contributed by atoms with Crippen LogP contribution in [0.1, 0.15) is 65.1 Å². The van der Waals surface area contributed by atoms with Gasteiger partial charge in [-0.1, -0.05) is 6.92 Å². The molecule has 0 aliphatic carbocycles. The Morgan fingerprint density at radius 1 is 1.19 bits per heavy atom. The summed E-state index contributed by atoms with van der Waals surface area (Å²) in [6, 6.07) is 0.762. The Morgan fingerprint density at radius 2 is 1.88 bits per heavy atom. The molecule has 2 atom stereocenters. The maximum atomic E-state index is 13.8. The standard InChI is InChI=1S/C22H22F3N3O4/c1-2-12-4-3-5-13-9-28(12)22(32)18-20(30)19(29)15(10-27(13)18)21(31)26-8-14-16(24)6-11(23)7-17(14)25/h6-7,10,12-13,30H,2-5,8-9H2,1H3,(H,26,31)/t12-,13-/m0/s1. The number of amides is 2. The number of carbonyl (C=O) groups is 2. The number of hydrogen-bond donors (Lipinski definition) is 2. The maximum absolute atomic E-state index is 13.8. The minimum Gasteiger partial charge on any atom is -0.503 e. The number of aromatic hydroxyl groups is 1. The average molecular weight is 449 g/mol. The van der Waals surface area contributed by atoms with E-state index in [1.54, 1.807) is 4.90 Å². The van der Waals surface area contributed by atoms with Gasteiger partial charge in [0.25, 0.3) is 11.8 Å². The number of halogens is 3. The third-order valence-electron chi connectivity index (χ3n) is 6.24. The largest absolute Gasteiger partial charge is 0.503 e. The van der Waals surface area contributed by atoms with Crippen molar-refractivity contribution in [2.24, 2.45) is 0 Å². The molecule has 2 amide bonds. The Bertz CT molecular complexity index is 1140. The fourth-order valence-electron chi connectivity index (χ4n) is 4.53. The first-order chi connectivity index (χ1) is 15.2. The summed E-state index contributed by atoms with van der Waals surface area (Å²) in [5.74, 6) is -5.72. The molecule has 0 spiro atoms. The van der Waals surface area contributed by atoms with Crippen molar-refractivity contribution in [1.29, 1.82) is 0 Å². The van der Waals surface area contributed by atoms with E-state index in [1.165, 1.54) is 10.8 Å². The molecule has 1 aromatic heterocycles. The summed E-state index contributed by atoms with van der Waals surface area (Å²) in [7, 11) is 0. The lowest BCUT2D eigenvalue weighted by Crippen LogP contribution is -2.48. The minimum absolute atomic E-state index is 0.0132. The van der Waals surface area contributed by atoms with E-state index in [0.29, 0.717) is 25.1 Å². The van der Waals surface area contributed by atoms with Crippen LogP contribution in [0.15, 0.2) is 23.1 Å². The second-order valence-corrected chi connectivity index (χ2v) is 8.11. The van der Waals surface area contributed by atoms with Crippen molar-refractivity contribution in [3.05, 3.63) is 62.8 Å². The highest BCUT2D eigenvalue weighted by atomic mass is 19.1. The van der Waals surface area contributed by atoms with Crippen molar-refractivity contribution >= 4 is 11.8 Å². The van der Waals surface area contributed by atoms with Crippen molar-refractivity contribution in [1.82, 2.24) is 14.8 Å². The van der Waals surface area contributed by atoms with E-state index < -0.39 is 58.1 Å². The molecule has 1 fully saturated rings. The zero-order valence-electron chi connectivity index (χ0n) is 17.3. The van der Waals surface area contributed by atoms with Crippen LogP contribution in [-0.2, 0) is 6.54 Å². The fourth-order valence-corrected chi connectivity index (χ4v) is 4.53. The molecule has 4 rings (SSSR count). The van der Waals surface area contributed by atoms with Gasteiger partial charge in [-0.15, -0.1) is 0 Å². The van der Waals surface area contributed by atoms with Crippen molar-refractivity contribution in [2.75, 3.05) is 6.54 Å². The molecule has 7 nitrogen and oxygen atoms in total. The van der Waals surface area contributed by atoms with E-state index in [9.17, 15) is 32.7 Å². The van der Waals surface area contributed by atoms with Crippen molar-refractivity contribution in [2.45, 2.75) is 51.2 Å². The van der Waals surface area contributed by atoms with Gasteiger partial charge in [0, 0.05) is 43.0 Å². The highest BCUT2D eigenvalue weighted by Gasteiger charge is 2.39. The molecule has 2 aliphatic heterocycles. The lowest BCUT2D eigenvalue weighted by Gasteiger charge is -2.38. The molecule has 10 heteroatoms. The molecule has 170 valence electrons. The molecule has 2 bridgehead atoms. The number of nitrogens with zero attached hydrogens (tertiary/aromatic N) is 2. The number of nitrogens with one attached hydrogen (secondary N) is 1. The summed E-state index contributed by atoms with van der Waals surface area (Å²) >= 11 is 0. The molecular formula is C22H22F3N3O4. The topological polar surface area (TPSA) is 91.6 Å². The third kappa shape index (κ3) is 3.63. The first-order valence-corrected chi connectivity index (χ1v) is 10.4. The number of fused-ring (bicyclic) bond motifs is 4. The Morgan fingerprint density at radius 3 is 2.53 bits per heavy atom. The van der Waals surface area contributed by atoms with Gasteiger partial charge in [0.15, 0.2) is 11.4 Å². The molecule has 2 aromatic rings. The van der Waals surface area contributed by atoms with Crippen LogP contribution in [0.25, 0.3) is 0 Å². The predicted octanol–water partition coefficient (Wildman–Crippen LogP) is 2.86. The van der Waals surface area contributed by atoms with Crippen molar-refractivity contribution in [3.63, 3.8) is 0 Å². The first kappa shape index (κ1) is 21.9. The number of aromatic nitrogens is 1. The summed E-state index contributed by atoms with van der Waals surface area (Å²) in [5, 5.41) is 12.8. The zero-order valence-corrected chi connectivity index (χ0v) is 17.3. The van der Waals surface area contributed by atoms with E-state index in [2.05, 4.69) is 5.32 Å². The van der Waals surface area contributed by atoms with Crippen LogP contribution in [0, 0.1) is 17.5 Å². The Labute approximate surface area is 181 Å². The SMILES string of the molecule is CC[C@H]1CCC[C@H]2CN1C(=O)c1c(O)c(=O)c(C(=O)NCc3c(F)cc(F)cc3F)cn12. The van der Waals surface area contributed by atoms with Crippen molar-refractivity contribution in [3.8, 4) is 5.75 Å². The zero-order chi connectivity index (χ0) is 23.2. The molecule has 0 radical (unpaired) electrons.